The molecule has 1 saturated carbocycles. The Balaban J connectivity index is 1.71. The molecular formula is C15H19N3O2. The smallest absolute Gasteiger partial charge is 0.235 e. The number of aliphatic hydroxyl groups is 1. The second-order valence-corrected chi connectivity index (χ2v) is 5.14. The van der Waals surface area contributed by atoms with Crippen molar-refractivity contribution >= 4 is 5.69 Å². The number of benzene rings is 1. The van der Waals surface area contributed by atoms with Gasteiger partial charge in [-0.15, -0.1) is 10.2 Å². The molecule has 1 heterocycles. The molecule has 3 rings (SSSR count). The molecule has 1 aliphatic carbocycles. The van der Waals surface area contributed by atoms with Crippen molar-refractivity contribution in [2.45, 2.75) is 31.7 Å². The molecule has 1 aromatic carbocycles. The summed E-state index contributed by atoms with van der Waals surface area (Å²) in [7, 11) is 0. The summed E-state index contributed by atoms with van der Waals surface area (Å²) in [5.74, 6) is 1.84. The van der Waals surface area contributed by atoms with Gasteiger partial charge >= 0.3 is 0 Å². The summed E-state index contributed by atoms with van der Waals surface area (Å²) in [5, 5.41) is 17.5. The molecule has 0 unspecified atom stereocenters. The largest absolute Gasteiger partial charge is 0.423 e. The maximum absolute atomic E-state index is 9.21. The number of nitrogens with zero attached hydrogens (tertiary/aromatic N) is 3. The quantitative estimate of drug-likeness (QED) is 0.875. The standard InChI is InChI=1S/C15H19N3O2/c19-10-9-18(13-7-2-1-3-8-13)11-14-16-17-15(20-14)12-5-4-6-12/h1-3,7-8,12,19H,4-6,9-11H2. The molecule has 0 amide bonds. The number of hydrogen-bond acceptors (Lipinski definition) is 5. The van der Waals surface area contributed by atoms with Gasteiger partial charge in [0.2, 0.25) is 11.8 Å². The summed E-state index contributed by atoms with van der Waals surface area (Å²) in [4.78, 5) is 2.04. The van der Waals surface area contributed by atoms with Crippen LogP contribution in [-0.4, -0.2) is 28.5 Å². The molecule has 1 N–H and O–H groups in total. The number of hydrogen-bond donors (Lipinski definition) is 1. The highest BCUT2D eigenvalue weighted by Crippen LogP contribution is 2.35. The van der Waals surface area contributed by atoms with Gasteiger partial charge < -0.3 is 14.4 Å². The Morgan fingerprint density at radius 1 is 1.20 bits per heavy atom. The van der Waals surface area contributed by atoms with Crippen LogP contribution in [0.5, 0.6) is 0 Å². The van der Waals surface area contributed by atoms with Gasteiger partial charge in [-0.2, -0.15) is 0 Å². The SMILES string of the molecule is OCCN(Cc1nnc(C2CCC2)o1)c1ccccc1. The van der Waals surface area contributed by atoms with E-state index in [9.17, 15) is 5.11 Å². The van der Waals surface area contributed by atoms with E-state index in [0.29, 0.717) is 24.9 Å². The average Bonchev–Trinajstić information content (AvgIpc) is 2.85. The van der Waals surface area contributed by atoms with E-state index in [1.54, 1.807) is 0 Å². The van der Waals surface area contributed by atoms with E-state index in [0.717, 1.165) is 24.4 Å². The molecule has 20 heavy (non-hydrogen) atoms. The van der Waals surface area contributed by atoms with Crippen molar-refractivity contribution in [3.05, 3.63) is 42.1 Å². The van der Waals surface area contributed by atoms with Gasteiger partial charge in [-0.05, 0) is 25.0 Å². The third kappa shape index (κ3) is 2.82. The van der Waals surface area contributed by atoms with Crippen LogP contribution >= 0.6 is 0 Å². The molecule has 106 valence electrons. The zero-order chi connectivity index (χ0) is 13.8. The normalized spacial score (nSPS) is 15.1. The van der Waals surface area contributed by atoms with Crippen LogP contribution in [-0.2, 0) is 6.54 Å². The minimum absolute atomic E-state index is 0.0957. The second kappa shape index (κ2) is 6.05. The fraction of sp³-hybridized carbons (Fsp3) is 0.467. The van der Waals surface area contributed by atoms with Crippen molar-refractivity contribution in [3.63, 3.8) is 0 Å². The predicted octanol–water partition coefficient (Wildman–Crippen LogP) is 2.34. The zero-order valence-corrected chi connectivity index (χ0v) is 11.4. The van der Waals surface area contributed by atoms with E-state index in [4.69, 9.17) is 4.42 Å². The number of aromatic nitrogens is 2. The molecular weight excluding hydrogens is 254 g/mol. The highest BCUT2D eigenvalue weighted by atomic mass is 16.4. The Labute approximate surface area is 118 Å². The fourth-order valence-corrected chi connectivity index (χ4v) is 2.37. The molecule has 2 aromatic rings. The second-order valence-electron chi connectivity index (χ2n) is 5.14. The van der Waals surface area contributed by atoms with Gasteiger partial charge in [0.05, 0.1) is 13.2 Å². The van der Waals surface area contributed by atoms with Crippen molar-refractivity contribution in [2.24, 2.45) is 0 Å². The average molecular weight is 273 g/mol. The molecule has 1 aliphatic rings. The Hall–Kier alpha value is -1.88. The van der Waals surface area contributed by atoms with E-state index >= 15 is 0 Å². The maximum Gasteiger partial charge on any atom is 0.235 e. The van der Waals surface area contributed by atoms with Crippen LogP contribution in [0.3, 0.4) is 0 Å². The summed E-state index contributed by atoms with van der Waals surface area (Å²) in [5.41, 5.74) is 1.05. The lowest BCUT2D eigenvalue weighted by molar-refractivity contribution is 0.297. The predicted molar refractivity (Wildman–Crippen MR) is 75.5 cm³/mol. The van der Waals surface area contributed by atoms with Crippen molar-refractivity contribution < 1.29 is 9.52 Å². The van der Waals surface area contributed by atoms with Crippen molar-refractivity contribution in [3.8, 4) is 0 Å². The zero-order valence-electron chi connectivity index (χ0n) is 11.4. The molecule has 0 aliphatic heterocycles. The van der Waals surface area contributed by atoms with Crippen LogP contribution in [0.25, 0.3) is 0 Å². The number of anilines is 1. The molecule has 0 bridgehead atoms. The molecule has 0 spiro atoms. The van der Waals surface area contributed by atoms with Crippen LogP contribution in [0.2, 0.25) is 0 Å². The number of rotatable bonds is 6. The van der Waals surface area contributed by atoms with Crippen molar-refractivity contribution in [2.75, 3.05) is 18.1 Å². The van der Waals surface area contributed by atoms with E-state index in [1.807, 2.05) is 35.2 Å². The highest BCUT2D eigenvalue weighted by molar-refractivity contribution is 5.45. The van der Waals surface area contributed by atoms with Gasteiger partial charge in [-0.25, -0.2) is 0 Å². The first kappa shape index (κ1) is 13.1. The first-order valence-corrected chi connectivity index (χ1v) is 7.10. The number of aliphatic hydroxyl groups excluding tert-OH is 1. The van der Waals surface area contributed by atoms with Gasteiger partial charge in [0, 0.05) is 18.2 Å². The third-order valence-electron chi connectivity index (χ3n) is 3.75. The molecule has 1 aromatic heterocycles. The van der Waals surface area contributed by atoms with Crippen LogP contribution in [0.4, 0.5) is 5.69 Å². The van der Waals surface area contributed by atoms with Crippen LogP contribution in [0.1, 0.15) is 37.0 Å². The first-order chi connectivity index (χ1) is 9.86. The van der Waals surface area contributed by atoms with Crippen LogP contribution < -0.4 is 4.90 Å². The number of para-hydroxylation sites is 1. The molecule has 5 nitrogen and oxygen atoms in total. The Kier molecular flexibility index (Phi) is 3.97. The third-order valence-corrected chi connectivity index (χ3v) is 3.75. The lowest BCUT2D eigenvalue weighted by Gasteiger charge is -2.22. The Bertz CT molecular complexity index is 537. The lowest BCUT2D eigenvalue weighted by Crippen LogP contribution is -2.26. The summed E-state index contributed by atoms with van der Waals surface area (Å²) >= 11 is 0. The Morgan fingerprint density at radius 2 is 2.00 bits per heavy atom. The topological polar surface area (TPSA) is 62.4 Å². The molecule has 0 atom stereocenters. The van der Waals surface area contributed by atoms with Gasteiger partial charge in [-0.3, -0.25) is 0 Å². The van der Waals surface area contributed by atoms with Crippen molar-refractivity contribution in [1.29, 1.82) is 0 Å². The molecule has 5 heteroatoms. The first-order valence-electron chi connectivity index (χ1n) is 7.10. The summed E-state index contributed by atoms with van der Waals surface area (Å²) < 4.78 is 5.74. The minimum atomic E-state index is 0.0957. The molecule has 0 radical (unpaired) electrons. The monoisotopic (exact) mass is 273 g/mol. The maximum atomic E-state index is 9.21. The van der Waals surface area contributed by atoms with Gasteiger partial charge in [0.15, 0.2) is 0 Å². The highest BCUT2D eigenvalue weighted by Gasteiger charge is 2.25. The van der Waals surface area contributed by atoms with E-state index in [2.05, 4.69) is 10.2 Å². The summed E-state index contributed by atoms with van der Waals surface area (Å²) in [6.07, 6.45) is 3.56. The molecule has 0 saturated heterocycles. The summed E-state index contributed by atoms with van der Waals surface area (Å²) in [6.45, 7) is 1.17. The minimum Gasteiger partial charge on any atom is -0.423 e. The fourth-order valence-electron chi connectivity index (χ4n) is 2.37. The lowest BCUT2D eigenvalue weighted by atomic mass is 9.85. The van der Waals surface area contributed by atoms with Gasteiger partial charge in [0.25, 0.3) is 0 Å². The van der Waals surface area contributed by atoms with Crippen LogP contribution in [0, 0.1) is 0 Å². The van der Waals surface area contributed by atoms with Gasteiger partial charge in [0.1, 0.15) is 0 Å². The molecule has 1 fully saturated rings. The van der Waals surface area contributed by atoms with Crippen LogP contribution in [0.15, 0.2) is 34.7 Å². The van der Waals surface area contributed by atoms with E-state index in [-0.39, 0.29) is 6.61 Å². The van der Waals surface area contributed by atoms with E-state index in [1.165, 1.54) is 6.42 Å². The van der Waals surface area contributed by atoms with E-state index < -0.39 is 0 Å². The summed E-state index contributed by atoms with van der Waals surface area (Å²) in [6, 6.07) is 9.96. The van der Waals surface area contributed by atoms with Gasteiger partial charge in [-0.1, -0.05) is 24.6 Å². The van der Waals surface area contributed by atoms with Crippen molar-refractivity contribution in [1.82, 2.24) is 10.2 Å². The Morgan fingerprint density at radius 3 is 2.65 bits per heavy atom.